The molecule has 1 atom stereocenters. The van der Waals surface area contributed by atoms with Crippen LogP contribution in [0.15, 0.2) is 47.1 Å². The van der Waals surface area contributed by atoms with E-state index in [1.165, 1.54) is 6.26 Å². The Labute approximate surface area is 120 Å². The summed E-state index contributed by atoms with van der Waals surface area (Å²) >= 11 is 12.0. The van der Waals surface area contributed by atoms with Crippen LogP contribution in [0.2, 0.25) is 0 Å². The second-order valence-corrected chi connectivity index (χ2v) is 6.11. The minimum absolute atomic E-state index is 0.186. The van der Waals surface area contributed by atoms with Crippen LogP contribution in [0.5, 0.6) is 0 Å². The SMILES string of the molecule is O=C(Nc1ccc(C2CC2(Cl)Cl)cc1)c1ccco1. The quantitative estimate of drug-likeness (QED) is 0.863. The summed E-state index contributed by atoms with van der Waals surface area (Å²) in [6.07, 6.45) is 2.24. The van der Waals surface area contributed by atoms with Crippen molar-refractivity contribution in [1.82, 2.24) is 0 Å². The van der Waals surface area contributed by atoms with Crippen LogP contribution in [0.4, 0.5) is 5.69 Å². The predicted molar refractivity (Wildman–Crippen MR) is 74.9 cm³/mol. The largest absolute Gasteiger partial charge is 0.459 e. The molecule has 2 aromatic rings. The molecule has 1 unspecified atom stereocenters. The van der Waals surface area contributed by atoms with Crippen molar-refractivity contribution in [3.05, 3.63) is 54.0 Å². The van der Waals surface area contributed by atoms with Crippen LogP contribution in [0, 0.1) is 0 Å². The molecular weight excluding hydrogens is 285 g/mol. The second-order valence-electron chi connectivity index (χ2n) is 4.57. The number of nitrogens with one attached hydrogen (secondary N) is 1. The number of alkyl halides is 2. The Morgan fingerprint density at radius 3 is 2.47 bits per heavy atom. The molecule has 1 amide bonds. The Kier molecular flexibility index (Phi) is 3.03. The number of hydrogen-bond donors (Lipinski definition) is 1. The molecule has 1 heterocycles. The van der Waals surface area contributed by atoms with E-state index in [1.54, 1.807) is 12.1 Å². The maximum atomic E-state index is 11.8. The van der Waals surface area contributed by atoms with Crippen LogP contribution in [0.3, 0.4) is 0 Å². The third-order valence-corrected chi connectivity index (χ3v) is 3.98. The first-order valence-electron chi connectivity index (χ1n) is 5.89. The lowest BCUT2D eigenvalue weighted by Crippen LogP contribution is -2.10. The maximum Gasteiger partial charge on any atom is 0.291 e. The van der Waals surface area contributed by atoms with Gasteiger partial charge in [-0.15, -0.1) is 23.2 Å². The van der Waals surface area contributed by atoms with Gasteiger partial charge in [0.1, 0.15) is 4.33 Å². The minimum Gasteiger partial charge on any atom is -0.459 e. The smallest absolute Gasteiger partial charge is 0.291 e. The van der Waals surface area contributed by atoms with E-state index in [9.17, 15) is 4.79 Å². The van der Waals surface area contributed by atoms with Crippen molar-refractivity contribution in [2.75, 3.05) is 5.32 Å². The number of halogens is 2. The van der Waals surface area contributed by atoms with E-state index >= 15 is 0 Å². The molecule has 1 saturated carbocycles. The first-order valence-corrected chi connectivity index (χ1v) is 6.64. The minimum atomic E-state index is -0.626. The van der Waals surface area contributed by atoms with Gasteiger partial charge in [0.2, 0.25) is 0 Å². The Bertz CT molecular complexity index is 590. The molecule has 0 radical (unpaired) electrons. The summed E-state index contributed by atoms with van der Waals surface area (Å²) in [5.41, 5.74) is 1.79. The lowest BCUT2D eigenvalue weighted by atomic mass is 10.1. The van der Waals surface area contributed by atoms with Crippen LogP contribution >= 0.6 is 23.2 Å². The van der Waals surface area contributed by atoms with Gasteiger partial charge < -0.3 is 9.73 Å². The third kappa shape index (κ3) is 2.62. The number of carbonyl (C=O) groups excluding carboxylic acids is 1. The molecule has 1 aromatic carbocycles. The Balaban J connectivity index is 1.68. The van der Waals surface area contributed by atoms with Crippen molar-refractivity contribution >= 4 is 34.8 Å². The fourth-order valence-corrected chi connectivity index (χ4v) is 2.53. The standard InChI is InChI=1S/C14H11Cl2NO2/c15-14(16)8-11(14)9-3-5-10(6-4-9)17-13(18)12-2-1-7-19-12/h1-7,11H,8H2,(H,17,18). The molecule has 1 fully saturated rings. The summed E-state index contributed by atoms with van der Waals surface area (Å²) in [6, 6.07) is 10.8. The van der Waals surface area contributed by atoms with Crippen LogP contribution in [-0.4, -0.2) is 10.2 Å². The highest BCUT2D eigenvalue weighted by atomic mass is 35.5. The van der Waals surface area contributed by atoms with Crippen molar-refractivity contribution in [3.8, 4) is 0 Å². The summed E-state index contributed by atoms with van der Waals surface area (Å²) in [4.78, 5) is 11.8. The first-order chi connectivity index (χ1) is 9.06. The van der Waals surface area contributed by atoms with Crippen molar-refractivity contribution in [2.45, 2.75) is 16.7 Å². The van der Waals surface area contributed by atoms with Crippen LogP contribution in [-0.2, 0) is 0 Å². The molecule has 1 aliphatic rings. The Hall–Kier alpha value is -1.45. The number of rotatable bonds is 3. The van der Waals surface area contributed by atoms with Crippen LogP contribution in [0.1, 0.15) is 28.5 Å². The van der Waals surface area contributed by atoms with Gasteiger partial charge in [-0.1, -0.05) is 12.1 Å². The topological polar surface area (TPSA) is 42.2 Å². The zero-order chi connectivity index (χ0) is 13.5. The van der Waals surface area contributed by atoms with Crippen molar-refractivity contribution in [3.63, 3.8) is 0 Å². The molecular formula is C14H11Cl2NO2. The third-order valence-electron chi connectivity index (χ3n) is 3.14. The average Bonchev–Trinajstić information content (AvgIpc) is 2.83. The predicted octanol–water partition coefficient (Wildman–Crippen LogP) is 4.19. The van der Waals surface area contributed by atoms with Gasteiger partial charge in [0, 0.05) is 11.6 Å². The van der Waals surface area contributed by atoms with E-state index < -0.39 is 4.33 Å². The number of hydrogen-bond acceptors (Lipinski definition) is 2. The highest BCUT2D eigenvalue weighted by Gasteiger charge is 2.52. The second kappa shape index (κ2) is 4.58. The molecule has 3 nitrogen and oxygen atoms in total. The van der Waals surface area contributed by atoms with E-state index in [1.807, 2.05) is 24.3 Å². The van der Waals surface area contributed by atoms with E-state index in [4.69, 9.17) is 27.6 Å². The van der Waals surface area contributed by atoms with Gasteiger partial charge in [0.05, 0.1) is 6.26 Å². The van der Waals surface area contributed by atoms with Gasteiger partial charge in [0.25, 0.3) is 5.91 Å². The summed E-state index contributed by atoms with van der Waals surface area (Å²) in [5, 5.41) is 2.75. The molecule has 98 valence electrons. The molecule has 0 bridgehead atoms. The number of carbonyl (C=O) groups is 1. The molecule has 0 spiro atoms. The number of amides is 1. The lowest BCUT2D eigenvalue weighted by molar-refractivity contribution is 0.0996. The molecule has 19 heavy (non-hydrogen) atoms. The summed E-state index contributed by atoms with van der Waals surface area (Å²) < 4.78 is 4.39. The zero-order valence-corrected chi connectivity index (χ0v) is 11.4. The van der Waals surface area contributed by atoms with Gasteiger partial charge in [0.15, 0.2) is 5.76 Å². The lowest BCUT2D eigenvalue weighted by Gasteiger charge is -2.05. The van der Waals surface area contributed by atoms with Crippen LogP contribution in [0.25, 0.3) is 0 Å². The maximum absolute atomic E-state index is 11.8. The average molecular weight is 296 g/mol. The molecule has 0 aliphatic heterocycles. The molecule has 5 heteroatoms. The van der Waals surface area contributed by atoms with Crippen molar-refractivity contribution in [1.29, 1.82) is 0 Å². The number of benzene rings is 1. The highest BCUT2D eigenvalue weighted by molar-refractivity contribution is 6.51. The van der Waals surface area contributed by atoms with Gasteiger partial charge >= 0.3 is 0 Å². The fraction of sp³-hybridized carbons (Fsp3) is 0.214. The molecule has 1 aliphatic carbocycles. The first kappa shape index (κ1) is 12.6. The number of furan rings is 1. The van der Waals surface area contributed by atoms with E-state index in [-0.39, 0.29) is 17.6 Å². The fourth-order valence-electron chi connectivity index (χ4n) is 1.97. The van der Waals surface area contributed by atoms with Crippen molar-refractivity contribution in [2.24, 2.45) is 0 Å². The zero-order valence-electron chi connectivity index (χ0n) is 9.90. The highest BCUT2D eigenvalue weighted by Crippen LogP contribution is 2.59. The molecule has 1 aromatic heterocycles. The molecule has 3 rings (SSSR count). The van der Waals surface area contributed by atoms with E-state index in [0.717, 1.165) is 12.0 Å². The van der Waals surface area contributed by atoms with Gasteiger partial charge in [-0.05, 0) is 36.2 Å². The van der Waals surface area contributed by atoms with E-state index in [0.29, 0.717) is 5.69 Å². The Morgan fingerprint density at radius 2 is 1.95 bits per heavy atom. The summed E-state index contributed by atoms with van der Waals surface area (Å²) in [5.74, 6) is 0.200. The molecule has 1 N–H and O–H groups in total. The number of anilines is 1. The van der Waals surface area contributed by atoms with E-state index in [2.05, 4.69) is 5.32 Å². The van der Waals surface area contributed by atoms with Crippen LogP contribution < -0.4 is 5.32 Å². The summed E-state index contributed by atoms with van der Waals surface area (Å²) in [6.45, 7) is 0. The van der Waals surface area contributed by atoms with Gasteiger partial charge in [-0.2, -0.15) is 0 Å². The van der Waals surface area contributed by atoms with Gasteiger partial charge in [-0.3, -0.25) is 4.79 Å². The Morgan fingerprint density at radius 1 is 1.26 bits per heavy atom. The van der Waals surface area contributed by atoms with Crippen molar-refractivity contribution < 1.29 is 9.21 Å². The monoisotopic (exact) mass is 295 g/mol. The normalized spacial score (nSPS) is 20.0. The molecule has 0 saturated heterocycles. The van der Waals surface area contributed by atoms with Gasteiger partial charge in [-0.25, -0.2) is 0 Å². The summed E-state index contributed by atoms with van der Waals surface area (Å²) in [7, 11) is 0.